The first-order chi connectivity index (χ1) is 15.1. The van der Waals surface area contributed by atoms with Crippen molar-refractivity contribution >= 4 is 35.9 Å². The van der Waals surface area contributed by atoms with Crippen LogP contribution in [-0.4, -0.2) is 112 Å². The van der Waals surface area contributed by atoms with Gasteiger partial charge in [0.25, 0.3) is 0 Å². The predicted molar refractivity (Wildman–Crippen MR) is 103 cm³/mol. The zero-order chi connectivity index (χ0) is 24.3. The minimum Gasteiger partial charge on any atom is -0.481 e. The quantitative estimate of drug-likeness (QED) is 0.277. The van der Waals surface area contributed by atoms with Crippen molar-refractivity contribution in [3.05, 3.63) is 0 Å². The molecule has 0 saturated carbocycles. The molecule has 14 heteroatoms. The van der Waals surface area contributed by atoms with Crippen molar-refractivity contribution in [2.24, 2.45) is 0 Å². The number of amides is 4. The molecule has 1 fully saturated rings. The second kappa shape index (κ2) is 13.1. The molecular formula is C18H27N3O11. The van der Waals surface area contributed by atoms with Crippen LogP contribution in [0.5, 0.6) is 0 Å². The second-order valence-corrected chi connectivity index (χ2v) is 6.69. The number of carbonyl (C=O) groups excluding carboxylic acids is 4. The summed E-state index contributed by atoms with van der Waals surface area (Å²) in [5.41, 5.74) is 0. The number of ether oxygens (including phenoxy) is 2. The maximum atomic E-state index is 12.8. The second-order valence-electron chi connectivity index (χ2n) is 6.69. The van der Waals surface area contributed by atoms with Gasteiger partial charge in [-0.25, -0.2) is 14.5 Å². The molecule has 0 aromatic heterocycles. The highest BCUT2D eigenvalue weighted by Gasteiger charge is 2.41. The molecule has 0 aromatic rings. The highest BCUT2D eigenvalue weighted by molar-refractivity contribution is 5.96. The van der Waals surface area contributed by atoms with Gasteiger partial charge in [0.05, 0.1) is 45.4 Å². The van der Waals surface area contributed by atoms with E-state index in [0.717, 1.165) is 4.90 Å². The molecule has 1 unspecified atom stereocenters. The molecule has 0 radical (unpaired) electrons. The van der Waals surface area contributed by atoms with Crippen LogP contribution in [-0.2, 0) is 28.7 Å². The predicted octanol–water partition coefficient (Wildman–Crippen LogP) is -0.700. The van der Waals surface area contributed by atoms with Crippen LogP contribution in [0.1, 0.15) is 32.6 Å². The lowest BCUT2D eigenvalue weighted by molar-refractivity contribution is -0.148. The normalized spacial score (nSPS) is 16.2. The van der Waals surface area contributed by atoms with E-state index >= 15 is 0 Å². The molecule has 4 amide bonds. The van der Waals surface area contributed by atoms with Gasteiger partial charge in [0.1, 0.15) is 19.4 Å². The minimum absolute atomic E-state index is 0.0862. The number of imide groups is 1. The number of carboxylic acid groups (broad SMARTS) is 2. The molecule has 180 valence electrons. The van der Waals surface area contributed by atoms with Crippen molar-refractivity contribution in [1.29, 1.82) is 0 Å². The first-order valence-electron chi connectivity index (χ1n) is 9.82. The average Bonchev–Trinajstić information content (AvgIpc) is 2.73. The first kappa shape index (κ1) is 26.6. The van der Waals surface area contributed by atoms with Gasteiger partial charge in [0.15, 0.2) is 0 Å². The summed E-state index contributed by atoms with van der Waals surface area (Å²) >= 11 is 0. The van der Waals surface area contributed by atoms with Gasteiger partial charge < -0.3 is 34.6 Å². The molecular weight excluding hydrogens is 434 g/mol. The number of rotatable bonds is 14. The van der Waals surface area contributed by atoms with Crippen LogP contribution in [0.15, 0.2) is 0 Å². The number of urea groups is 2. The molecule has 0 aliphatic carbocycles. The summed E-state index contributed by atoms with van der Waals surface area (Å²) in [5.74, 6) is -3.87. The first-order valence-corrected chi connectivity index (χ1v) is 9.82. The Morgan fingerprint density at radius 1 is 0.781 bits per heavy atom. The van der Waals surface area contributed by atoms with E-state index in [-0.39, 0.29) is 52.3 Å². The SMILES string of the molecule is CC1N(CCO)C(=O)N(CCOC(=O)CCC(=O)O)C(=O)N1CCOC(=O)CCC(=O)O. The average molecular weight is 461 g/mol. The molecule has 1 rings (SSSR count). The zero-order valence-corrected chi connectivity index (χ0v) is 17.6. The lowest BCUT2D eigenvalue weighted by Gasteiger charge is -2.45. The van der Waals surface area contributed by atoms with E-state index in [1.807, 2.05) is 0 Å². The number of carbonyl (C=O) groups is 6. The van der Waals surface area contributed by atoms with E-state index in [4.69, 9.17) is 19.7 Å². The van der Waals surface area contributed by atoms with Gasteiger partial charge in [-0.05, 0) is 6.92 Å². The van der Waals surface area contributed by atoms with Crippen molar-refractivity contribution in [2.75, 3.05) is 39.5 Å². The van der Waals surface area contributed by atoms with Crippen LogP contribution >= 0.6 is 0 Å². The minimum atomic E-state index is -1.17. The number of hydrogen-bond donors (Lipinski definition) is 3. The third-order valence-corrected chi connectivity index (χ3v) is 4.46. The fourth-order valence-corrected chi connectivity index (χ4v) is 2.81. The Morgan fingerprint density at radius 2 is 1.22 bits per heavy atom. The lowest BCUT2D eigenvalue weighted by Crippen LogP contribution is -2.66. The van der Waals surface area contributed by atoms with Crippen molar-refractivity contribution in [3.8, 4) is 0 Å². The standard InChI is InChI=1S/C18H27N3O11/c1-12-19(6-9-22)17(29)21(8-11-32-16(28)5-3-14(25)26)18(30)20(12)7-10-31-15(27)4-2-13(23)24/h12,22H,2-11H2,1H3,(H,23,24)(H,25,26). The number of hydrogen-bond acceptors (Lipinski definition) is 9. The largest absolute Gasteiger partial charge is 0.481 e. The Bertz CT molecular complexity index is 727. The topological polar surface area (TPSA) is 191 Å². The van der Waals surface area contributed by atoms with Crippen molar-refractivity contribution in [3.63, 3.8) is 0 Å². The molecule has 1 heterocycles. The van der Waals surface area contributed by atoms with Gasteiger partial charge in [0, 0.05) is 6.54 Å². The van der Waals surface area contributed by atoms with E-state index in [2.05, 4.69) is 0 Å². The number of esters is 2. The van der Waals surface area contributed by atoms with Gasteiger partial charge in [0.2, 0.25) is 0 Å². The summed E-state index contributed by atoms with van der Waals surface area (Å²) in [4.78, 5) is 72.7. The molecule has 1 atom stereocenters. The van der Waals surface area contributed by atoms with Crippen LogP contribution in [0.2, 0.25) is 0 Å². The van der Waals surface area contributed by atoms with Crippen molar-refractivity contribution in [1.82, 2.24) is 14.7 Å². The number of aliphatic hydroxyl groups is 1. The fraction of sp³-hybridized carbons (Fsp3) is 0.667. The third-order valence-electron chi connectivity index (χ3n) is 4.46. The van der Waals surface area contributed by atoms with Crippen molar-refractivity contribution in [2.45, 2.75) is 38.8 Å². The molecule has 1 saturated heterocycles. The summed E-state index contributed by atoms with van der Waals surface area (Å²) in [5, 5.41) is 26.4. The van der Waals surface area contributed by atoms with E-state index in [1.54, 1.807) is 6.92 Å². The molecule has 1 aliphatic heterocycles. The third kappa shape index (κ3) is 8.37. The summed E-state index contributed by atoms with van der Waals surface area (Å²) in [6.45, 7) is 0.0737. The number of β-amino-alcohol motifs (C(OH)–C–C–N with tert-alkyl or cyclic N) is 1. The Kier molecular flexibility index (Phi) is 10.9. The number of nitrogens with zero attached hydrogens (tertiary/aromatic N) is 3. The van der Waals surface area contributed by atoms with E-state index in [0.29, 0.717) is 0 Å². The van der Waals surface area contributed by atoms with Gasteiger partial charge in [-0.3, -0.25) is 19.2 Å². The molecule has 0 aromatic carbocycles. The molecule has 3 N–H and O–H groups in total. The number of aliphatic carboxylic acids is 2. The summed E-state index contributed by atoms with van der Waals surface area (Å²) in [7, 11) is 0. The monoisotopic (exact) mass is 461 g/mol. The number of aliphatic hydroxyl groups excluding tert-OH is 1. The van der Waals surface area contributed by atoms with Crippen LogP contribution in [0.4, 0.5) is 9.59 Å². The summed E-state index contributed by atoms with van der Waals surface area (Å²) < 4.78 is 9.78. The molecule has 0 bridgehead atoms. The molecule has 1 aliphatic rings. The van der Waals surface area contributed by atoms with E-state index < -0.39 is 54.9 Å². The maximum Gasteiger partial charge on any atom is 0.330 e. The van der Waals surface area contributed by atoms with E-state index in [9.17, 15) is 33.9 Å². The van der Waals surface area contributed by atoms with Gasteiger partial charge in [-0.15, -0.1) is 0 Å². The van der Waals surface area contributed by atoms with Crippen LogP contribution < -0.4 is 0 Å². The smallest absolute Gasteiger partial charge is 0.330 e. The highest BCUT2D eigenvalue weighted by Crippen LogP contribution is 2.19. The molecule has 0 spiro atoms. The Labute approximate surface area is 183 Å². The van der Waals surface area contributed by atoms with Crippen LogP contribution in [0.25, 0.3) is 0 Å². The summed E-state index contributed by atoms with van der Waals surface area (Å²) in [6, 6.07) is -1.45. The zero-order valence-electron chi connectivity index (χ0n) is 17.6. The van der Waals surface area contributed by atoms with Gasteiger partial charge in [-0.1, -0.05) is 0 Å². The maximum absolute atomic E-state index is 12.8. The Balaban J connectivity index is 2.70. The van der Waals surface area contributed by atoms with Gasteiger partial charge >= 0.3 is 35.9 Å². The van der Waals surface area contributed by atoms with Crippen LogP contribution in [0.3, 0.4) is 0 Å². The Morgan fingerprint density at radius 3 is 1.66 bits per heavy atom. The van der Waals surface area contributed by atoms with Crippen LogP contribution in [0, 0.1) is 0 Å². The fourth-order valence-electron chi connectivity index (χ4n) is 2.81. The Hall–Kier alpha value is -3.42. The lowest BCUT2D eigenvalue weighted by atomic mass is 10.3. The summed E-state index contributed by atoms with van der Waals surface area (Å²) in [6.07, 6.45) is -2.26. The number of carboxylic acids is 2. The molecule has 32 heavy (non-hydrogen) atoms. The van der Waals surface area contributed by atoms with Gasteiger partial charge in [-0.2, -0.15) is 0 Å². The highest BCUT2D eigenvalue weighted by atomic mass is 16.5. The van der Waals surface area contributed by atoms with Crippen molar-refractivity contribution < 1.29 is 53.6 Å². The molecule has 14 nitrogen and oxygen atoms in total. The van der Waals surface area contributed by atoms with E-state index in [1.165, 1.54) is 9.80 Å².